The number of nitrogens with one attached hydrogen (secondary N) is 1. The van der Waals surface area contributed by atoms with Crippen molar-refractivity contribution in [2.24, 2.45) is 0 Å². The summed E-state index contributed by atoms with van der Waals surface area (Å²) in [7, 11) is 0. The molecule has 0 saturated heterocycles. The molecule has 0 bridgehead atoms. The lowest BCUT2D eigenvalue weighted by Gasteiger charge is -2.18. The Bertz CT molecular complexity index is 577. The molecule has 2 aromatic carbocycles. The summed E-state index contributed by atoms with van der Waals surface area (Å²) in [5.74, 6) is 0.961. The van der Waals surface area contributed by atoms with Gasteiger partial charge in [0.15, 0.2) is 0 Å². The number of rotatable bonds is 5. The van der Waals surface area contributed by atoms with E-state index in [2.05, 4.69) is 57.3 Å². The molecule has 0 aliphatic rings. The van der Waals surface area contributed by atoms with E-state index in [-0.39, 0.29) is 6.10 Å². The van der Waals surface area contributed by atoms with E-state index in [9.17, 15) is 0 Å². The highest BCUT2D eigenvalue weighted by molar-refractivity contribution is 5.52. The Morgan fingerprint density at radius 3 is 2.45 bits per heavy atom. The van der Waals surface area contributed by atoms with Crippen LogP contribution in [0.4, 0.5) is 5.69 Å². The Hall–Kier alpha value is -1.96. The zero-order valence-electron chi connectivity index (χ0n) is 12.7. The average Bonchev–Trinajstić information content (AvgIpc) is 2.40. The predicted molar refractivity (Wildman–Crippen MR) is 85.7 cm³/mol. The summed E-state index contributed by atoms with van der Waals surface area (Å²) in [6.07, 6.45) is 0.122. The Kier molecular flexibility index (Phi) is 4.67. The summed E-state index contributed by atoms with van der Waals surface area (Å²) in [5, 5.41) is 3.45. The van der Waals surface area contributed by atoms with Crippen LogP contribution in [0.5, 0.6) is 5.75 Å². The van der Waals surface area contributed by atoms with Crippen LogP contribution in [0, 0.1) is 20.8 Å². The van der Waals surface area contributed by atoms with Crippen molar-refractivity contribution in [3.8, 4) is 5.75 Å². The van der Waals surface area contributed by atoms with Crippen molar-refractivity contribution >= 4 is 5.69 Å². The largest absolute Gasteiger partial charge is 0.489 e. The number of aryl methyl sites for hydroxylation is 3. The Morgan fingerprint density at radius 1 is 1.00 bits per heavy atom. The molecule has 0 heterocycles. The maximum absolute atomic E-state index is 5.97. The molecule has 2 heteroatoms. The van der Waals surface area contributed by atoms with E-state index in [0.717, 1.165) is 12.3 Å². The van der Waals surface area contributed by atoms with E-state index in [1.54, 1.807) is 0 Å². The van der Waals surface area contributed by atoms with Gasteiger partial charge in [-0.05, 0) is 51.0 Å². The molecule has 2 aromatic rings. The molecular weight excluding hydrogens is 246 g/mol. The van der Waals surface area contributed by atoms with Crippen LogP contribution in [0.3, 0.4) is 0 Å². The fourth-order valence-electron chi connectivity index (χ4n) is 2.21. The summed E-state index contributed by atoms with van der Waals surface area (Å²) >= 11 is 0. The second-order valence-electron chi connectivity index (χ2n) is 5.39. The van der Waals surface area contributed by atoms with Crippen LogP contribution in [-0.4, -0.2) is 12.6 Å². The van der Waals surface area contributed by atoms with E-state index in [0.29, 0.717) is 0 Å². The van der Waals surface area contributed by atoms with Crippen LogP contribution < -0.4 is 10.1 Å². The van der Waals surface area contributed by atoms with Crippen molar-refractivity contribution in [1.29, 1.82) is 0 Å². The average molecular weight is 269 g/mol. The number of hydrogen-bond acceptors (Lipinski definition) is 2. The first kappa shape index (κ1) is 14.4. The van der Waals surface area contributed by atoms with Gasteiger partial charge in [0.25, 0.3) is 0 Å². The van der Waals surface area contributed by atoms with Gasteiger partial charge in [0.1, 0.15) is 11.9 Å². The van der Waals surface area contributed by atoms with Crippen molar-refractivity contribution in [2.45, 2.75) is 33.8 Å². The molecule has 2 nitrogen and oxygen atoms in total. The van der Waals surface area contributed by atoms with Gasteiger partial charge in [0.05, 0.1) is 6.54 Å². The predicted octanol–water partition coefficient (Wildman–Crippen LogP) is 4.49. The van der Waals surface area contributed by atoms with Gasteiger partial charge < -0.3 is 10.1 Å². The second kappa shape index (κ2) is 6.47. The first-order valence-electron chi connectivity index (χ1n) is 7.09. The third-order valence-corrected chi connectivity index (χ3v) is 3.38. The van der Waals surface area contributed by atoms with Crippen LogP contribution >= 0.6 is 0 Å². The van der Waals surface area contributed by atoms with E-state index in [1.165, 1.54) is 22.4 Å². The minimum atomic E-state index is 0.122. The number of hydrogen-bond donors (Lipinski definition) is 1. The van der Waals surface area contributed by atoms with E-state index >= 15 is 0 Å². The molecule has 0 amide bonds. The summed E-state index contributed by atoms with van der Waals surface area (Å²) in [4.78, 5) is 0. The fraction of sp³-hybridized carbons (Fsp3) is 0.333. The van der Waals surface area contributed by atoms with Crippen molar-refractivity contribution in [3.63, 3.8) is 0 Å². The topological polar surface area (TPSA) is 21.3 Å². The minimum Gasteiger partial charge on any atom is -0.489 e. The lowest BCUT2D eigenvalue weighted by atomic mass is 10.1. The van der Waals surface area contributed by atoms with Gasteiger partial charge in [-0.2, -0.15) is 0 Å². The fourth-order valence-corrected chi connectivity index (χ4v) is 2.21. The molecule has 1 N–H and O–H groups in total. The van der Waals surface area contributed by atoms with Gasteiger partial charge in [-0.15, -0.1) is 0 Å². The van der Waals surface area contributed by atoms with Gasteiger partial charge in [-0.25, -0.2) is 0 Å². The van der Waals surface area contributed by atoms with Gasteiger partial charge in [-0.1, -0.05) is 35.9 Å². The molecule has 1 atom stereocenters. The number of para-hydroxylation sites is 1. The molecule has 0 spiro atoms. The summed E-state index contributed by atoms with van der Waals surface area (Å²) in [6, 6.07) is 14.6. The maximum Gasteiger partial charge on any atom is 0.122 e. The third kappa shape index (κ3) is 3.77. The number of benzene rings is 2. The van der Waals surface area contributed by atoms with Crippen LogP contribution in [0.25, 0.3) is 0 Å². The minimum absolute atomic E-state index is 0.122. The van der Waals surface area contributed by atoms with Crippen LogP contribution in [-0.2, 0) is 0 Å². The smallest absolute Gasteiger partial charge is 0.122 e. The Morgan fingerprint density at radius 2 is 1.75 bits per heavy atom. The van der Waals surface area contributed by atoms with Gasteiger partial charge in [0.2, 0.25) is 0 Å². The van der Waals surface area contributed by atoms with E-state index in [4.69, 9.17) is 4.74 Å². The molecule has 106 valence electrons. The second-order valence-corrected chi connectivity index (χ2v) is 5.39. The summed E-state index contributed by atoms with van der Waals surface area (Å²) < 4.78 is 5.97. The molecule has 0 aliphatic heterocycles. The first-order valence-corrected chi connectivity index (χ1v) is 7.09. The van der Waals surface area contributed by atoms with Crippen LogP contribution in [0.1, 0.15) is 23.6 Å². The van der Waals surface area contributed by atoms with Crippen molar-refractivity contribution in [1.82, 2.24) is 0 Å². The summed E-state index contributed by atoms with van der Waals surface area (Å²) in [6.45, 7) is 9.18. The highest BCUT2D eigenvalue weighted by Crippen LogP contribution is 2.19. The third-order valence-electron chi connectivity index (χ3n) is 3.38. The molecule has 0 aromatic heterocycles. The molecule has 2 rings (SSSR count). The first-order chi connectivity index (χ1) is 9.56. The molecule has 0 aliphatic carbocycles. The molecule has 1 unspecified atom stereocenters. The van der Waals surface area contributed by atoms with Crippen molar-refractivity contribution in [2.75, 3.05) is 11.9 Å². The van der Waals surface area contributed by atoms with Crippen molar-refractivity contribution in [3.05, 3.63) is 59.2 Å². The Labute approximate surface area is 121 Å². The lowest BCUT2D eigenvalue weighted by molar-refractivity contribution is 0.233. The van der Waals surface area contributed by atoms with Gasteiger partial charge in [0, 0.05) is 5.69 Å². The van der Waals surface area contributed by atoms with E-state index in [1.807, 2.05) is 18.2 Å². The maximum atomic E-state index is 5.97. The lowest BCUT2D eigenvalue weighted by Crippen LogP contribution is -2.23. The molecule has 0 radical (unpaired) electrons. The van der Waals surface area contributed by atoms with Gasteiger partial charge in [-0.3, -0.25) is 0 Å². The van der Waals surface area contributed by atoms with Crippen LogP contribution in [0.2, 0.25) is 0 Å². The molecule has 0 fully saturated rings. The SMILES string of the molecule is Cc1ccc(NCC(C)Oc2ccccc2C)c(C)c1. The zero-order valence-corrected chi connectivity index (χ0v) is 12.7. The normalized spacial score (nSPS) is 12.0. The van der Waals surface area contributed by atoms with Crippen molar-refractivity contribution < 1.29 is 4.74 Å². The summed E-state index contributed by atoms with van der Waals surface area (Å²) in [5.41, 5.74) is 4.91. The highest BCUT2D eigenvalue weighted by Gasteiger charge is 2.06. The highest BCUT2D eigenvalue weighted by atomic mass is 16.5. The standard InChI is InChI=1S/C18H23NO/c1-13-9-10-17(15(3)11-13)19-12-16(4)20-18-8-6-5-7-14(18)2/h5-11,16,19H,12H2,1-4H3. The monoisotopic (exact) mass is 269 g/mol. The molecule has 0 saturated carbocycles. The number of anilines is 1. The Balaban J connectivity index is 1.92. The zero-order chi connectivity index (χ0) is 14.5. The van der Waals surface area contributed by atoms with E-state index < -0.39 is 0 Å². The quantitative estimate of drug-likeness (QED) is 0.863. The van der Waals surface area contributed by atoms with Crippen LogP contribution in [0.15, 0.2) is 42.5 Å². The van der Waals surface area contributed by atoms with Gasteiger partial charge >= 0.3 is 0 Å². The molecular formula is C18H23NO. The molecule has 20 heavy (non-hydrogen) atoms. The number of ether oxygens (including phenoxy) is 1.